The van der Waals surface area contributed by atoms with Gasteiger partial charge < -0.3 is 10.6 Å². The molecule has 1 rings (SSSR count). The highest BCUT2D eigenvalue weighted by Gasteiger charge is 2.25. The van der Waals surface area contributed by atoms with Crippen LogP contribution in [0.25, 0.3) is 0 Å². The Morgan fingerprint density at radius 1 is 2.00 bits per heavy atom. The van der Waals surface area contributed by atoms with Gasteiger partial charge in [-0.1, -0.05) is 0 Å². The normalized spacial score (nSPS) is 29.5. The first-order valence-corrected chi connectivity index (χ1v) is 3.39. The average Bonchev–Trinajstić information content (AvgIpc) is 1.98. The summed E-state index contributed by atoms with van der Waals surface area (Å²) in [6, 6.07) is 0. The van der Waals surface area contributed by atoms with Crippen molar-refractivity contribution < 1.29 is 4.79 Å². The Kier molecular flexibility index (Phi) is 1.44. The number of carbonyl (C=O) groups excluding carboxylic acids is 1. The number of likely N-dealkylation sites (N-methyl/N-ethyl adjacent to an activating group) is 1. The van der Waals surface area contributed by atoms with Crippen LogP contribution in [0, 0.1) is 0 Å². The number of rotatable bonds is 0. The molecule has 1 amide bonds. The molecule has 8 heavy (non-hydrogen) atoms. The third-order valence-corrected chi connectivity index (χ3v) is 2.16. The average molecular weight is 132 g/mol. The lowest BCUT2D eigenvalue weighted by molar-refractivity contribution is -0.127. The van der Waals surface area contributed by atoms with Crippen molar-refractivity contribution in [3.05, 3.63) is 0 Å². The predicted octanol–water partition coefficient (Wildman–Crippen LogP) is -0.566. The minimum absolute atomic E-state index is 0.0370. The summed E-state index contributed by atoms with van der Waals surface area (Å²) >= 11 is 1.47. The standard InChI is InChI=1S/C4H8N2OS/c1-6-2-8-3(5)4(6)7/h3H,2,5H2,1H3. The second-order valence-electron chi connectivity index (χ2n) is 1.75. The fourth-order valence-electron chi connectivity index (χ4n) is 0.544. The summed E-state index contributed by atoms with van der Waals surface area (Å²) in [4.78, 5) is 12.3. The highest BCUT2D eigenvalue weighted by Crippen LogP contribution is 2.17. The van der Waals surface area contributed by atoms with Gasteiger partial charge in [-0.05, 0) is 0 Å². The summed E-state index contributed by atoms with van der Waals surface area (Å²) in [6.07, 6.45) is 0. The van der Waals surface area contributed by atoms with Gasteiger partial charge in [-0.2, -0.15) is 0 Å². The van der Waals surface area contributed by atoms with Gasteiger partial charge in [-0.15, -0.1) is 11.8 Å². The van der Waals surface area contributed by atoms with Gasteiger partial charge >= 0.3 is 0 Å². The van der Waals surface area contributed by atoms with Gasteiger partial charge in [0.05, 0.1) is 5.88 Å². The molecule has 0 aromatic carbocycles. The third kappa shape index (κ3) is 0.809. The molecule has 46 valence electrons. The van der Waals surface area contributed by atoms with Crippen molar-refractivity contribution in [1.82, 2.24) is 4.90 Å². The molecule has 0 bridgehead atoms. The molecule has 0 radical (unpaired) electrons. The van der Waals surface area contributed by atoms with Crippen molar-refractivity contribution in [3.63, 3.8) is 0 Å². The first-order valence-electron chi connectivity index (χ1n) is 2.34. The van der Waals surface area contributed by atoms with Crippen LogP contribution >= 0.6 is 11.8 Å². The smallest absolute Gasteiger partial charge is 0.250 e. The molecule has 1 unspecified atom stereocenters. The Morgan fingerprint density at radius 3 is 2.75 bits per heavy atom. The molecule has 1 fully saturated rings. The lowest BCUT2D eigenvalue weighted by atomic mass is 10.6. The molecule has 0 saturated carbocycles. The molecule has 1 saturated heterocycles. The molecule has 3 nitrogen and oxygen atoms in total. The Hall–Kier alpha value is -0.220. The predicted molar refractivity (Wildman–Crippen MR) is 33.2 cm³/mol. The number of nitrogens with zero attached hydrogens (tertiary/aromatic N) is 1. The van der Waals surface area contributed by atoms with Gasteiger partial charge in [0, 0.05) is 7.05 Å². The number of carbonyl (C=O) groups is 1. The summed E-state index contributed by atoms with van der Waals surface area (Å²) in [5.74, 6) is 0.773. The summed E-state index contributed by atoms with van der Waals surface area (Å²) in [7, 11) is 1.75. The summed E-state index contributed by atoms with van der Waals surface area (Å²) in [5, 5.41) is -0.306. The van der Waals surface area contributed by atoms with E-state index in [-0.39, 0.29) is 11.3 Å². The molecule has 1 aliphatic rings. The van der Waals surface area contributed by atoms with E-state index in [0.717, 1.165) is 5.88 Å². The van der Waals surface area contributed by atoms with Crippen LogP contribution in [0.4, 0.5) is 0 Å². The van der Waals surface area contributed by atoms with E-state index in [0.29, 0.717) is 0 Å². The highest BCUT2D eigenvalue weighted by molar-refractivity contribution is 8.00. The Balaban J connectivity index is 2.57. The van der Waals surface area contributed by atoms with Gasteiger partial charge in [-0.3, -0.25) is 4.79 Å². The quantitative estimate of drug-likeness (QED) is 0.480. The first kappa shape index (κ1) is 5.91. The van der Waals surface area contributed by atoms with Crippen molar-refractivity contribution in [3.8, 4) is 0 Å². The summed E-state index contributed by atoms with van der Waals surface area (Å²) < 4.78 is 0. The van der Waals surface area contributed by atoms with Gasteiger partial charge in [0.25, 0.3) is 0 Å². The molecule has 0 aromatic rings. The number of nitrogens with two attached hydrogens (primary N) is 1. The maximum Gasteiger partial charge on any atom is 0.250 e. The maximum absolute atomic E-state index is 10.7. The zero-order valence-corrected chi connectivity index (χ0v) is 5.44. The fraction of sp³-hybridized carbons (Fsp3) is 0.750. The van der Waals surface area contributed by atoms with E-state index >= 15 is 0 Å². The van der Waals surface area contributed by atoms with Crippen LogP contribution in [-0.2, 0) is 4.79 Å². The largest absolute Gasteiger partial charge is 0.334 e. The molecule has 0 aromatic heterocycles. The van der Waals surface area contributed by atoms with E-state index in [9.17, 15) is 4.79 Å². The van der Waals surface area contributed by atoms with Crippen molar-refractivity contribution in [2.45, 2.75) is 5.37 Å². The van der Waals surface area contributed by atoms with Crippen molar-refractivity contribution in [2.75, 3.05) is 12.9 Å². The molecule has 0 aliphatic carbocycles. The van der Waals surface area contributed by atoms with E-state index in [1.54, 1.807) is 11.9 Å². The number of thioether (sulfide) groups is 1. The molecule has 1 atom stereocenters. The molecular weight excluding hydrogens is 124 g/mol. The lowest BCUT2D eigenvalue weighted by Crippen LogP contribution is -2.30. The summed E-state index contributed by atoms with van der Waals surface area (Å²) in [5.41, 5.74) is 5.34. The molecule has 4 heteroatoms. The van der Waals surface area contributed by atoms with Gasteiger partial charge in [0.1, 0.15) is 5.37 Å². The summed E-state index contributed by atoms with van der Waals surface area (Å²) in [6.45, 7) is 0. The number of hydrogen-bond acceptors (Lipinski definition) is 3. The van der Waals surface area contributed by atoms with Crippen molar-refractivity contribution in [2.24, 2.45) is 5.73 Å². The van der Waals surface area contributed by atoms with Crippen LogP contribution in [0.1, 0.15) is 0 Å². The van der Waals surface area contributed by atoms with Gasteiger partial charge in [0.15, 0.2) is 0 Å². The number of hydrogen-bond donors (Lipinski definition) is 1. The zero-order valence-electron chi connectivity index (χ0n) is 4.63. The van der Waals surface area contributed by atoms with E-state index in [4.69, 9.17) is 5.73 Å². The zero-order chi connectivity index (χ0) is 6.15. The Labute approximate surface area is 52.2 Å². The highest BCUT2D eigenvalue weighted by atomic mass is 32.2. The fourth-order valence-corrected chi connectivity index (χ4v) is 1.38. The van der Waals surface area contributed by atoms with E-state index in [2.05, 4.69) is 0 Å². The second-order valence-corrected chi connectivity index (χ2v) is 2.85. The van der Waals surface area contributed by atoms with Gasteiger partial charge in [-0.25, -0.2) is 0 Å². The minimum atomic E-state index is -0.306. The molecule has 2 N–H and O–H groups in total. The van der Waals surface area contributed by atoms with Gasteiger partial charge in [0.2, 0.25) is 5.91 Å². The van der Waals surface area contributed by atoms with Crippen LogP contribution in [0.2, 0.25) is 0 Å². The maximum atomic E-state index is 10.7. The molecule has 0 spiro atoms. The topological polar surface area (TPSA) is 46.3 Å². The lowest BCUT2D eigenvalue weighted by Gasteiger charge is -2.03. The second kappa shape index (κ2) is 1.95. The SMILES string of the molecule is CN1CSC(N)C1=O. The molecular formula is C4H8N2OS. The third-order valence-electron chi connectivity index (χ3n) is 1.07. The monoisotopic (exact) mass is 132 g/mol. The van der Waals surface area contributed by atoms with Crippen LogP contribution < -0.4 is 5.73 Å². The Bertz CT molecular complexity index is 105. The number of amides is 1. The van der Waals surface area contributed by atoms with Crippen LogP contribution in [-0.4, -0.2) is 29.1 Å². The first-order chi connectivity index (χ1) is 3.72. The van der Waals surface area contributed by atoms with E-state index in [1.165, 1.54) is 11.8 Å². The Morgan fingerprint density at radius 2 is 2.62 bits per heavy atom. The van der Waals surface area contributed by atoms with E-state index in [1.807, 2.05) is 0 Å². The van der Waals surface area contributed by atoms with E-state index < -0.39 is 0 Å². The van der Waals surface area contributed by atoms with Crippen LogP contribution in [0.5, 0.6) is 0 Å². The molecule has 1 heterocycles. The van der Waals surface area contributed by atoms with Crippen molar-refractivity contribution >= 4 is 17.7 Å². The van der Waals surface area contributed by atoms with Crippen LogP contribution in [0.3, 0.4) is 0 Å². The van der Waals surface area contributed by atoms with Crippen LogP contribution in [0.15, 0.2) is 0 Å². The van der Waals surface area contributed by atoms with Crippen molar-refractivity contribution in [1.29, 1.82) is 0 Å². The minimum Gasteiger partial charge on any atom is -0.334 e. The molecule has 1 aliphatic heterocycles.